The average Bonchev–Trinajstić information content (AvgIpc) is 3.41. The largest absolute Gasteiger partial charge is 0.460 e. The zero-order chi connectivity index (χ0) is 44.6. The minimum atomic E-state index is -1.28. The molecular formula is C44H77N3O12. The molecule has 0 aliphatic carbocycles. The zero-order valence-corrected chi connectivity index (χ0v) is 37.6. The Morgan fingerprint density at radius 3 is 1.22 bits per heavy atom. The summed E-state index contributed by atoms with van der Waals surface area (Å²) in [6.45, 7) is 15.7. The number of ether oxygens (including phenoxy) is 3. The Labute approximate surface area is 353 Å². The lowest BCUT2D eigenvalue weighted by molar-refractivity contribution is -0.197. The van der Waals surface area contributed by atoms with Gasteiger partial charge in [0.2, 0.25) is 11.8 Å². The van der Waals surface area contributed by atoms with Crippen molar-refractivity contribution in [1.82, 2.24) is 15.7 Å². The number of imide groups is 1. The van der Waals surface area contributed by atoms with Gasteiger partial charge in [0.05, 0.1) is 6.42 Å². The molecule has 0 aromatic rings. The number of nitrogens with zero attached hydrogens (tertiary/aromatic N) is 1. The molecule has 0 aromatic carbocycles. The number of unbranched alkanes of at least 4 members (excludes halogenated alkanes) is 13. The van der Waals surface area contributed by atoms with Gasteiger partial charge in [-0.2, -0.15) is 0 Å². The third-order valence-corrected chi connectivity index (χ3v) is 9.00. The van der Waals surface area contributed by atoms with Crippen molar-refractivity contribution in [2.75, 3.05) is 0 Å². The van der Waals surface area contributed by atoms with Crippen LogP contribution in [0.25, 0.3) is 0 Å². The number of hydrogen-bond donors (Lipinski definition) is 2. The number of hydroxylamine groups is 2. The molecule has 15 nitrogen and oxygen atoms in total. The molecule has 0 bridgehead atoms. The van der Waals surface area contributed by atoms with Crippen LogP contribution >= 0.6 is 0 Å². The van der Waals surface area contributed by atoms with Crippen LogP contribution in [0.1, 0.15) is 205 Å². The van der Waals surface area contributed by atoms with Crippen molar-refractivity contribution in [2.24, 2.45) is 0 Å². The van der Waals surface area contributed by atoms with Crippen molar-refractivity contribution in [2.45, 2.75) is 232 Å². The van der Waals surface area contributed by atoms with Crippen LogP contribution in [0.3, 0.4) is 0 Å². The summed E-state index contributed by atoms with van der Waals surface area (Å²) in [4.78, 5) is 105. The van der Waals surface area contributed by atoms with E-state index >= 15 is 0 Å². The topological polar surface area (TPSA) is 201 Å². The fourth-order valence-electron chi connectivity index (χ4n) is 6.19. The molecule has 340 valence electrons. The number of carbonyl (C=O) groups is 8. The summed E-state index contributed by atoms with van der Waals surface area (Å²) >= 11 is 0. The zero-order valence-electron chi connectivity index (χ0n) is 37.6. The van der Waals surface area contributed by atoms with Gasteiger partial charge in [0.1, 0.15) is 28.9 Å². The Morgan fingerprint density at radius 1 is 0.492 bits per heavy atom. The lowest BCUT2D eigenvalue weighted by Gasteiger charge is -2.26. The Kier molecular flexibility index (Phi) is 24.2. The molecule has 2 N–H and O–H groups in total. The molecule has 0 unspecified atom stereocenters. The maximum Gasteiger partial charge on any atom is 0.333 e. The van der Waals surface area contributed by atoms with E-state index in [1.165, 1.54) is 38.5 Å². The molecule has 2 atom stereocenters. The monoisotopic (exact) mass is 840 g/mol. The van der Waals surface area contributed by atoms with E-state index in [9.17, 15) is 38.4 Å². The van der Waals surface area contributed by atoms with E-state index in [1.54, 1.807) is 41.5 Å². The molecular weight excluding hydrogens is 762 g/mol. The summed E-state index contributed by atoms with van der Waals surface area (Å²) in [5.41, 5.74) is -2.16. The minimum Gasteiger partial charge on any atom is -0.460 e. The smallest absolute Gasteiger partial charge is 0.333 e. The van der Waals surface area contributed by atoms with Gasteiger partial charge in [-0.15, -0.1) is 5.06 Å². The van der Waals surface area contributed by atoms with Gasteiger partial charge in [0.15, 0.2) is 0 Å². The first-order valence-corrected chi connectivity index (χ1v) is 21.8. The lowest BCUT2D eigenvalue weighted by Crippen LogP contribution is -2.47. The number of carbonyl (C=O) groups excluding carboxylic acids is 8. The fourth-order valence-corrected chi connectivity index (χ4v) is 6.19. The van der Waals surface area contributed by atoms with Gasteiger partial charge in [-0.1, -0.05) is 77.0 Å². The standard InChI is InChI=1S/C44H75N3O12.H2/c1-42(2,3)56-38(52)25-23-21-19-17-15-13-11-10-12-14-16-18-20-22-24-34(48)45-32(40(54)57-43(4,5)6)26-28-35(49)46-33(41(55)58-44(7,8)9)27-31-39(53)59-47-36(50)29-30-37(47)51;/h32-33H,10-31H2,1-9H3,(H,45,48)(H,46,49);1H/t32-,33-;/m0./s1. The van der Waals surface area contributed by atoms with Crippen molar-refractivity contribution >= 4 is 47.5 Å². The van der Waals surface area contributed by atoms with E-state index in [2.05, 4.69) is 10.6 Å². The first-order chi connectivity index (χ1) is 27.5. The molecule has 0 spiro atoms. The van der Waals surface area contributed by atoms with Crippen LogP contribution < -0.4 is 10.6 Å². The van der Waals surface area contributed by atoms with E-state index in [0.717, 1.165) is 44.9 Å². The molecule has 1 rings (SSSR count). The van der Waals surface area contributed by atoms with Crippen LogP contribution in [0.15, 0.2) is 0 Å². The maximum atomic E-state index is 13.1. The van der Waals surface area contributed by atoms with Gasteiger partial charge in [0.25, 0.3) is 11.8 Å². The van der Waals surface area contributed by atoms with Gasteiger partial charge in [-0.05, 0) is 88.0 Å². The molecule has 1 aliphatic heterocycles. The Hall–Kier alpha value is -4.04. The highest BCUT2D eigenvalue weighted by atomic mass is 16.7. The number of rotatable bonds is 28. The summed E-state index contributed by atoms with van der Waals surface area (Å²) in [6.07, 6.45) is 14.7. The molecule has 1 aliphatic rings. The Balaban J connectivity index is 0.0000348. The molecule has 4 amide bonds. The van der Waals surface area contributed by atoms with Crippen LogP contribution in [-0.4, -0.2) is 81.5 Å². The second kappa shape index (κ2) is 26.9. The number of esters is 3. The second-order valence-electron chi connectivity index (χ2n) is 18.5. The molecule has 1 fully saturated rings. The summed E-state index contributed by atoms with van der Waals surface area (Å²) in [5.74, 6) is -4.80. The first kappa shape index (κ1) is 53.0. The van der Waals surface area contributed by atoms with Crippen LogP contribution in [0, 0.1) is 0 Å². The second-order valence-corrected chi connectivity index (χ2v) is 18.5. The van der Waals surface area contributed by atoms with Crippen LogP contribution in [-0.2, 0) is 57.4 Å². The quantitative estimate of drug-likeness (QED) is 0.0338. The third kappa shape index (κ3) is 27.4. The van der Waals surface area contributed by atoms with Crippen molar-refractivity contribution < 1.29 is 58.8 Å². The van der Waals surface area contributed by atoms with E-state index in [1.807, 2.05) is 20.8 Å². The predicted molar refractivity (Wildman–Crippen MR) is 223 cm³/mol. The van der Waals surface area contributed by atoms with Crippen molar-refractivity contribution in [3.05, 3.63) is 0 Å². The normalized spacial score (nSPS) is 14.4. The number of hydrogen-bond acceptors (Lipinski definition) is 12. The summed E-state index contributed by atoms with van der Waals surface area (Å²) in [7, 11) is 0. The molecule has 0 radical (unpaired) electrons. The number of amides is 4. The Morgan fingerprint density at radius 2 is 0.831 bits per heavy atom. The minimum absolute atomic E-state index is 0. The van der Waals surface area contributed by atoms with Gasteiger partial charge in [0, 0.05) is 33.5 Å². The summed E-state index contributed by atoms with van der Waals surface area (Å²) < 4.78 is 16.3. The molecule has 0 aromatic heterocycles. The fraction of sp³-hybridized carbons (Fsp3) is 0.818. The van der Waals surface area contributed by atoms with E-state index < -0.39 is 70.9 Å². The average molecular weight is 840 g/mol. The highest BCUT2D eigenvalue weighted by Crippen LogP contribution is 2.18. The third-order valence-electron chi connectivity index (χ3n) is 9.00. The molecule has 1 heterocycles. The molecule has 15 heteroatoms. The molecule has 59 heavy (non-hydrogen) atoms. The van der Waals surface area contributed by atoms with Crippen LogP contribution in [0.4, 0.5) is 0 Å². The van der Waals surface area contributed by atoms with Gasteiger partial charge < -0.3 is 29.7 Å². The summed E-state index contributed by atoms with van der Waals surface area (Å²) in [5, 5.41) is 5.67. The first-order valence-electron chi connectivity index (χ1n) is 21.8. The van der Waals surface area contributed by atoms with Gasteiger partial charge in [-0.25, -0.2) is 14.4 Å². The molecule has 1 saturated heterocycles. The molecule has 0 saturated carbocycles. The van der Waals surface area contributed by atoms with Crippen molar-refractivity contribution in [3.8, 4) is 0 Å². The van der Waals surface area contributed by atoms with Gasteiger partial charge in [-0.3, -0.25) is 24.0 Å². The van der Waals surface area contributed by atoms with E-state index in [4.69, 9.17) is 19.0 Å². The van der Waals surface area contributed by atoms with Crippen LogP contribution in [0.5, 0.6) is 0 Å². The summed E-state index contributed by atoms with van der Waals surface area (Å²) in [6, 6.07) is -2.39. The predicted octanol–water partition coefficient (Wildman–Crippen LogP) is 7.64. The van der Waals surface area contributed by atoms with E-state index in [-0.39, 0.29) is 51.8 Å². The lowest BCUT2D eigenvalue weighted by atomic mass is 10.0. The Bertz CT molecular complexity index is 1370. The highest BCUT2D eigenvalue weighted by molar-refractivity contribution is 6.01. The van der Waals surface area contributed by atoms with Crippen LogP contribution in [0.2, 0.25) is 0 Å². The van der Waals surface area contributed by atoms with E-state index in [0.29, 0.717) is 17.9 Å². The van der Waals surface area contributed by atoms with Crippen molar-refractivity contribution in [3.63, 3.8) is 0 Å². The van der Waals surface area contributed by atoms with Crippen molar-refractivity contribution in [1.29, 1.82) is 0 Å². The SMILES string of the molecule is CC(C)(C)OC(=O)CCCCCCCCCCCCCCCCC(=O)N[C@@H](CCC(=O)N[C@@H](CCC(=O)ON1C(=O)CCC1=O)C(=O)OC(C)(C)C)C(=O)OC(C)(C)C.[HH]. The highest BCUT2D eigenvalue weighted by Gasteiger charge is 2.34. The maximum absolute atomic E-state index is 13.1. The van der Waals surface area contributed by atoms with Gasteiger partial charge >= 0.3 is 23.9 Å². The number of nitrogens with one attached hydrogen (secondary N) is 2.